The van der Waals surface area contributed by atoms with Gasteiger partial charge in [0.2, 0.25) is 0 Å². The summed E-state index contributed by atoms with van der Waals surface area (Å²) in [5, 5.41) is 21.4. The van der Waals surface area contributed by atoms with Gasteiger partial charge in [0.05, 0.1) is 0 Å². The molecule has 0 aliphatic rings. The number of rotatable bonds is 4. The highest BCUT2D eigenvalue weighted by Crippen LogP contribution is 1.88. The topological polar surface area (TPSA) is 65.2 Å². The van der Waals surface area contributed by atoms with Crippen molar-refractivity contribution in [2.24, 2.45) is 10.3 Å². The summed E-state index contributed by atoms with van der Waals surface area (Å²) in [6, 6.07) is 0. The minimum atomic E-state index is 0.711. The van der Waals surface area contributed by atoms with Gasteiger partial charge in [-0.25, -0.2) is 0 Å². The van der Waals surface area contributed by atoms with Crippen LogP contribution >= 0.6 is 0 Å². The number of nitrogens with zero attached hydrogens (tertiary/aromatic N) is 2. The lowest BCUT2D eigenvalue weighted by Crippen LogP contribution is -1.78. The van der Waals surface area contributed by atoms with Gasteiger partial charge in [0.1, 0.15) is 0 Å². The molecule has 2 N–H and O–H groups in total. The normalized spacial score (nSPS) is 11.6. The summed E-state index contributed by atoms with van der Waals surface area (Å²) in [5.74, 6) is 0. The van der Waals surface area contributed by atoms with Crippen LogP contribution in [0.25, 0.3) is 0 Å². The molecule has 0 aliphatic heterocycles. The number of hydrogen-bond donors (Lipinski definition) is 2. The first-order chi connectivity index (χ1) is 4.41. The highest BCUT2D eigenvalue weighted by atomic mass is 16.4. The highest BCUT2D eigenvalue weighted by molar-refractivity contribution is 5.59. The maximum absolute atomic E-state index is 7.91. The maximum Gasteiger partial charge on any atom is 0.0436 e. The molecular formula is C5H10N2O2. The summed E-state index contributed by atoms with van der Waals surface area (Å²) >= 11 is 0. The van der Waals surface area contributed by atoms with E-state index in [1.807, 2.05) is 0 Å². The third kappa shape index (κ3) is 6.94. The minimum absolute atomic E-state index is 0.711. The van der Waals surface area contributed by atoms with Crippen molar-refractivity contribution in [2.45, 2.75) is 19.3 Å². The van der Waals surface area contributed by atoms with Crippen molar-refractivity contribution in [3.05, 3.63) is 0 Å². The average Bonchev–Trinajstić information content (AvgIpc) is 1.89. The molecule has 0 heterocycles. The first-order valence-corrected chi connectivity index (χ1v) is 2.73. The third-order valence-electron chi connectivity index (χ3n) is 0.830. The van der Waals surface area contributed by atoms with Crippen LogP contribution in [0.1, 0.15) is 19.3 Å². The Kier molecular flexibility index (Phi) is 6.12. The summed E-state index contributed by atoms with van der Waals surface area (Å²) in [7, 11) is 0. The van der Waals surface area contributed by atoms with Crippen molar-refractivity contribution < 1.29 is 10.4 Å². The van der Waals surface area contributed by atoms with Crippen molar-refractivity contribution in [3.63, 3.8) is 0 Å². The Morgan fingerprint density at radius 1 is 1.00 bits per heavy atom. The second kappa shape index (κ2) is 6.94. The zero-order chi connectivity index (χ0) is 6.95. The number of hydrogen-bond acceptors (Lipinski definition) is 4. The first-order valence-electron chi connectivity index (χ1n) is 2.73. The van der Waals surface area contributed by atoms with Crippen LogP contribution in [0, 0.1) is 0 Å². The predicted molar refractivity (Wildman–Crippen MR) is 34.4 cm³/mol. The monoisotopic (exact) mass is 130 g/mol. The molecule has 0 atom stereocenters. The van der Waals surface area contributed by atoms with Gasteiger partial charge in [-0.05, 0) is 19.3 Å². The maximum atomic E-state index is 7.91. The lowest BCUT2D eigenvalue weighted by molar-refractivity contribution is 0.319. The Bertz CT molecular complexity index is 89.1. The average molecular weight is 130 g/mol. The number of unbranched alkanes of at least 4 members (excludes halogenated alkanes) is 2. The van der Waals surface area contributed by atoms with Gasteiger partial charge in [-0.2, -0.15) is 0 Å². The van der Waals surface area contributed by atoms with E-state index in [1.54, 1.807) is 0 Å². The fourth-order valence-corrected chi connectivity index (χ4v) is 0.416. The van der Waals surface area contributed by atoms with Crippen molar-refractivity contribution in [1.82, 2.24) is 0 Å². The molecule has 0 aromatic heterocycles. The molecule has 0 fully saturated rings. The van der Waals surface area contributed by atoms with Crippen molar-refractivity contribution in [2.75, 3.05) is 0 Å². The molecule has 0 spiro atoms. The second-order valence-corrected chi connectivity index (χ2v) is 1.53. The Balaban J connectivity index is 2.91. The molecule has 4 nitrogen and oxygen atoms in total. The van der Waals surface area contributed by atoms with Crippen LogP contribution in [0.2, 0.25) is 0 Å². The van der Waals surface area contributed by atoms with E-state index in [-0.39, 0.29) is 0 Å². The van der Waals surface area contributed by atoms with Crippen LogP contribution in [0.4, 0.5) is 0 Å². The molecule has 52 valence electrons. The molecule has 4 heteroatoms. The molecule has 0 radical (unpaired) electrons. The van der Waals surface area contributed by atoms with Crippen LogP contribution in [-0.4, -0.2) is 22.8 Å². The van der Waals surface area contributed by atoms with Crippen LogP contribution < -0.4 is 0 Å². The predicted octanol–water partition coefficient (Wildman–Crippen LogP) is 1.08. The van der Waals surface area contributed by atoms with E-state index in [9.17, 15) is 0 Å². The van der Waals surface area contributed by atoms with Crippen LogP contribution in [0.3, 0.4) is 0 Å². The largest absolute Gasteiger partial charge is 0.411 e. The van der Waals surface area contributed by atoms with E-state index >= 15 is 0 Å². The summed E-state index contributed by atoms with van der Waals surface area (Å²) in [4.78, 5) is 0. The Labute approximate surface area is 53.5 Å². The summed E-state index contributed by atoms with van der Waals surface area (Å²) in [6.07, 6.45) is 5.08. The third-order valence-corrected chi connectivity index (χ3v) is 0.830. The summed E-state index contributed by atoms with van der Waals surface area (Å²) in [5.41, 5.74) is 0. The lowest BCUT2D eigenvalue weighted by atomic mass is 10.3. The van der Waals surface area contributed by atoms with Gasteiger partial charge in [0.15, 0.2) is 0 Å². The Morgan fingerprint density at radius 2 is 1.44 bits per heavy atom. The van der Waals surface area contributed by atoms with E-state index < -0.39 is 0 Å². The van der Waals surface area contributed by atoms with E-state index in [4.69, 9.17) is 10.4 Å². The fourth-order valence-electron chi connectivity index (χ4n) is 0.416. The van der Waals surface area contributed by atoms with Gasteiger partial charge in [-0.15, -0.1) is 10.3 Å². The molecular weight excluding hydrogens is 120 g/mol. The van der Waals surface area contributed by atoms with E-state index in [2.05, 4.69) is 10.3 Å². The molecule has 0 rings (SSSR count). The van der Waals surface area contributed by atoms with Crippen LogP contribution in [0.15, 0.2) is 10.3 Å². The Hall–Kier alpha value is -1.06. The molecule has 9 heavy (non-hydrogen) atoms. The molecule has 0 aromatic carbocycles. The molecule has 0 aliphatic carbocycles. The zero-order valence-electron chi connectivity index (χ0n) is 5.06. The lowest BCUT2D eigenvalue weighted by Gasteiger charge is -1.84. The smallest absolute Gasteiger partial charge is 0.0436 e. The molecule has 0 unspecified atom stereocenters. The van der Waals surface area contributed by atoms with Crippen LogP contribution in [0.5, 0.6) is 0 Å². The van der Waals surface area contributed by atoms with Gasteiger partial charge in [-0.3, -0.25) is 0 Å². The SMILES string of the molecule is O/N=C\CCC/C=N\O. The minimum Gasteiger partial charge on any atom is -0.411 e. The second-order valence-electron chi connectivity index (χ2n) is 1.53. The molecule has 0 saturated carbocycles. The van der Waals surface area contributed by atoms with Gasteiger partial charge in [-0.1, -0.05) is 0 Å². The standard InChI is InChI=1S/C5H10N2O2/c8-6-4-2-1-3-5-7-9/h4-5,8-9H,1-3H2/b6-4-,7-5-. The van der Waals surface area contributed by atoms with Crippen molar-refractivity contribution in [1.29, 1.82) is 0 Å². The molecule has 0 amide bonds. The summed E-state index contributed by atoms with van der Waals surface area (Å²) < 4.78 is 0. The summed E-state index contributed by atoms with van der Waals surface area (Å²) in [6.45, 7) is 0. The van der Waals surface area contributed by atoms with E-state index in [1.165, 1.54) is 12.4 Å². The quantitative estimate of drug-likeness (QED) is 0.259. The van der Waals surface area contributed by atoms with Gasteiger partial charge in [0, 0.05) is 12.4 Å². The van der Waals surface area contributed by atoms with Crippen LogP contribution in [-0.2, 0) is 0 Å². The zero-order valence-corrected chi connectivity index (χ0v) is 5.06. The van der Waals surface area contributed by atoms with Gasteiger partial charge >= 0.3 is 0 Å². The molecule has 0 saturated heterocycles. The van der Waals surface area contributed by atoms with E-state index in [0.717, 1.165) is 6.42 Å². The Morgan fingerprint density at radius 3 is 1.78 bits per heavy atom. The molecule has 0 aromatic rings. The number of oxime groups is 2. The van der Waals surface area contributed by atoms with Gasteiger partial charge in [0.25, 0.3) is 0 Å². The van der Waals surface area contributed by atoms with Gasteiger partial charge < -0.3 is 10.4 Å². The molecule has 0 bridgehead atoms. The van der Waals surface area contributed by atoms with Crippen molar-refractivity contribution in [3.8, 4) is 0 Å². The van der Waals surface area contributed by atoms with E-state index in [0.29, 0.717) is 12.8 Å². The van der Waals surface area contributed by atoms with Crippen molar-refractivity contribution >= 4 is 12.4 Å². The highest BCUT2D eigenvalue weighted by Gasteiger charge is 1.79. The first kappa shape index (κ1) is 7.94. The fraction of sp³-hybridized carbons (Fsp3) is 0.600.